The van der Waals surface area contributed by atoms with E-state index in [1.54, 1.807) is 6.07 Å². The molecule has 1 unspecified atom stereocenters. The maximum atomic E-state index is 11.5. The lowest BCUT2D eigenvalue weighted by Gasteiger charge is -2.22. The van der Waals surface area contributed by atoms with Crippen molar-refractivity contribution in [3.05, 3.63) is 17.9 Å². The first-order valence-corrected chi connectivity index (χ1v) is 8.03. The van der Waals surface area contributed by atoms with Gasteiger partial charge in [-0.2, -0.15) is 0 Å². The van der Waals surface area contributed by atoms with Gasteiger partial charge in [0.1, 0.15) is 5.76 Å². The van der Waals surface area contributed by atoms with Crippen LogP contribution in [0.25, 0.3) is 0 Å². The Morgan fingerprint density at radius 2 is 2.00 bits per heavy atom. The van der Waals surface area contributed by atoms with Gasteiger partial charge in [0, 0.05) is 6.54 Å². The summed E-state index contributed by atoms with van der Waals surface area (Å²) in [5.41, 5.74) is 0.0693. The molecule has 20 heavy (non-hydrogen) atoms. The van der Waals surface area contributed by atoms with Gasteiger partial charge in [-0.15, -0.1) is 0 Å². The Kier molecular flexibility index (Phi) is 5.76. The lowest BCUT2D eigenvalue weighted by atomic mass is 9.89. The first-order chi connectivity index (χ1) is 9.14. The molecule has 0 saturated heterocycles. The van der Waals surface area contributed by atoms with E-state index in [9.17, 15) is 13.5 Å². The minimum absolute atomic E-state index is 0.0693. The molecule has 0 bridgehead atoms. The average Bonchev–Trinajstić information content (AvgIpc) is 2.76. The van der Waals surface area contributed by atoms with Crippen LogP contribution in [0, 0.1) is 5.41 Å². The van der Waals surface area contributed by atoms with Crippen molar-refractivity contribution < 1.29 is 17.9 Å². The molecule has 3 N–H and O–H groups in total. The van der Waals surface area contributed by atoms with Crippen LogP contribution >= 0.6 is 0 Å². The van der Waals surface area contributed by atoms with Gasteiger partial charge in [0.2, 0.25) is 5.09 Å². The Hall–Kier alpha value is -0.890. The van der Waals surface area contributed by atoms with Crippen molar-refractivity contribution >= 4 is 10.0 Å². The fourth-order valence-electron chi connectivity index (χ4n) is 1.84. The van der Waals surface area contributed by atoms with Crippen molar-refractivity contribution in [1.82, 2.24) is 10.0 Å². The minimum Gasteiger partial charge on any atom is -0.447 e. The normalized spacial score (nSPS) is 14.4. The number of hydrogen-bond donors (Lipinski definition) is 3. The fraction of sp³-hybridized carbons (Fsp3) is 0.692. The van der Waals surface area contributed by atoms with Gasteiger partial charge in [0.05, 0.1) is 12.6 Å². The summed E-state index contributed by atoms with van der Waals surface area (Å²) >= 11 is 0. The Morgan fingerprint density at radius 3 is 2.55 bits per heavy atom. The third-order valence-corrected chi connectivity index (χ3v) is 3.98. The van der Waals surface area contributed by atoms with Gasteiger partial charge in [0.15, 0.2) is 0 Å². The lowest BCUT2D eigenvalue weighted by molar-refractivity contribution is 0.119. The Bertz CT molecular complexity index is 517. The Labute approximate surface area is 120 Å². The van der Waals surface area contributed by atoms with Gasteiger partial charge in [-0.25, -0.2) is 13.1 Å². The zero-order chi connectivity index (χ0) is 15.4. The standard InChI is InChI=1S/C13H24N2O4S/c1-13(2,3)7-10(16)8-15-9-11-5-6-12(19-11)20(17,18)14-4/h5-6,10,14-16H,7-9H2,1-4H3. The molecule has 1 aromatic heterocycles. The van der Waals surface area contributed by atoms with Crippen LogP contribution < -0.4 is 10.0 Å². The van der Waals surface area contributed by atoms with E-state index in [4.69, 9.17) is 4.42 Å². The highest BCUT2D eigenvalue weighted by Gasteiger charge is 2.18. The average molecular weight is 304 g/mol. The van der Waals surface area contributed by atoms with Crippen LogP contribution in [0.1, 0.15) is 33.0 Å². The molecule has 0 aliphatic rings. The third-order valence-electron chi connectivity index (χ3n) is 2.70. The van der Waals surface area contributed by atoms with Crippen LogP contribution in [0.2, 0.25) is 0 Å². The van der Waals surface area contributed by atoms with Gasteiger partial charge in [-0.05, 0) is 31.0 Å². The summed E-state index contributed by atoms with van der Waals surface area (Å²) in [6.07, 6.45) is 0.253. The Balaban J connectivity index is 2.44. The summed E-state index contributed by atoms with van der Waals surface area (Å²) in [5, 5.41) is 12.8. The Morgan fingerprint density at radius 1 is 1.35 bits per heavy atom. The van der Waals surface area contributed by atoms with E-state index in [0.29, 0.717) is 25.3 Å². The van der Waals surface area contributed by atoms with E-state index in [-0.39, 0.29) is 10.5 Å². The summed E-state index contributed by atoms with van der Waals surface area (Å²) in [5.74, 6) is 0.516. The zero-order valence-corrected chi connectivity index (χ0v) is 13.3. The van der Waals surface area contributed by atoms with Crippen LogP contribution in [-0.4, -0.2) is 33.2 Å². The summed E-state index contributed by atoms with van der Waals surface area (Å²) < 4.78 is 30.4. The van der Waals surface area contributed by atoms with Crippen molar-refractivity contribution in [1.29, 1.82) is 0 Å². The number of rotatable bonds is 7. The zero-order valence-electron chi connectivity index (χ0n) is 12.4. The highest BCUT2D eigenvalue weighted by atomic mass is 32.2. The minimum atomic E-state index is -3.54. The predicted molar refractivity (Wildman–Crippen MR) is 76.7 cm³/mol. The van der Waals surface area contributed by atoms with Crippen molar-refractivity contribution in [2.45, 2.75) is 44.9 Å². The van der Waals surface area contributed by atoms with Crippen LogP contribution in [0.15, 0.2) is 21.6 Å². The van der Waals surface area contributed by atoms with Gasteiger partial charge in [-0.3, -0.25) is 0 Å². The number of aliphatic hydroxyl groups is 1. The molecular weight excluding hydrogens is 280 g/mol. The second kappa shape index (κ2) is 6.71. The molecule has 0 aliphatic carbocycles. The molecule has 0 fully saturated rings. The molecule has 1 atom stereocenters. The molecule has 0 spiro atoms. The molecule has 116 valence electrons. The van der Waals surface area contributed by atoms with Gasteiger partial charge in [-0.1, -0.05) is 20.8 Å². The summed E-state index contributed by atoms with van der Waals surface area (Å²) in [4.78, 5) is 0. The molecule has 0 aromatic carbocycles. The summed E-state index contributed by atoms with van der Waals surface area (Å²) in [7, 11) is -2.20. The maximum Gasteiger partial charge on any atom is 0.273 e. The molecule has 1 aromatic rings. The molecular formula is C13H24N2O4S. The van der Waals surface area contributed by atoms with Crippen LogP contribution in [0.3, 0.4) is 0 Å². The van der Waals surface area contributed by atoms with Crippen LogP contribution in [0.4, 0.5) is 0 Å². The van der Waals surface area contributed by atoms with E-state index in [2.05, 4.69) is 30.8 Å². The van der Waals surface area contributed by atoms with Gasteiger partial charge in [0.25, 0.3) is 10.0 Å². The number of nitrogens with one attached hydrogen (secondary N) is 2. The van der Waals surface area contributed by atoms with Crippen molar-refractivity contribution in [2.24, 2.45) is 5.41 Å². The molecule has 0 aliphatic heterocycles. The molecule has 0 radical (unpaired) electrons. The van der Waals surface area contributed by atoms with Crippen LogP contribution in [0.5, 0.6) is 0 Å². The number of furan rings is 1. The van der Waals surface area contributed by atoms with E-state index in [1.807, 2.05) is 0 Å². The fourth-order valence-corrected chi connectivity index (χ4v) is 2.50. The monoisotopic (exact) mass is 304 g/mol. The van der Waals surface area contributed by atoms with E-state index < -0.39 is 16.1 Å². The first-order valence-electron chi connectivity index (χ1n) is 6.55. The molecule has 1 rings (SSSR count). The first kappa shape index (κ1) is 17.2. The summed E-state index contributed by atoms with van der Waals surface area (Å²) in [6.45, 7) is 7.01. The number of hydrogen-bond acceptors (Lipinski definition) is 5. The second-order valence-corrected chi connectivity index (χ2v) is 7.80. The van der Waals surface area contributed by atoms with Crippen LogP contribution in [-0.2, 0) is 16.6 Å². The van der Waals surface area contributed by atoms with E-state index in [0.717, 1.165) is 0 Å². The van der Waals surface area contributed by atoms with Crippen molar-refractivity contribution in [2.75, 3.05) is 13.6 Å². The topological polar surface area (TPSA) is 91.6 Å². The number of sulfonamides is 1. The summed E-state index contributed by atoms with van der Waals surface area (Å²) in [6, 6.07) is 3.02. The highest BCUT2D eigenvalue weighted by molar-refractivity contribution is 7.89. The lowest BCUT2D eigenvalue weighted by Crippen LogP contribution is -2.29. The second-order valence-electron chi connectivity index (χ2n) is 5.98. The maximum absolute atomic E-state index is 11.5. The molecule has 6 nitrogen and oxygen atoms in total. The molecule has 0 amide bonds. The predicted octanol–water partition coefficient (Wildman–Crippen LogP) is 1.07. The molecule has 1 heterocycles. The largest absolute Gasteiger partial charge is 0.447 e. The smallest absolute Gasteiger partial charge is 0.273 e. The van der Waals surface area contributed by atoms with E-state index in [1.165, 1.54) is 13.1 Å². The highest BCUT2D eigenvalue weighted by Crippen LogP contribution is 2.20. The molecule has 7 heteroatoms. The van der Waals surface area contributed by atoms with Crippen molar-refractivity contribution in [3.8, 4) is 0 Å². The number of aliphatic hydroxyl groups excluding tert-OH is 1. The van der Waals surface area contributed by atoms with Gasteiger partial charge >= 0.3 is 0 Å². The van der Waals surface area contributed by atoms with E-state index >= 15 is 0 Å². The van der Waals surface area contributed by atoms with Gasteiger partial charge < -0.3 is 14.8 Å². The van der Waals surface area contributed by atoms with Crippen molar-refractivity contribution in [3.63, 3.8) is 0 Å². The third kappa shape index (κ3) is 5.62. The quantitative estimate of drug-likeness (QED) is 0.701. The SMILES string of the molecule is CNS(=O)(=O)c1ccc(CNCC(O)CC(C)(C)C)o1. The molecule has 0 saturated carbocycles.